The zero-order valence-electron chi connectivity index (χ0n) is 15.4. The molecule has 1 saturated carbocycles. The summed E-state index contributed by atoms with van der Waals surface area (Å²) in [5, 5.41) is 0. The second-order valence-corrected chi connectivity index (χ2v) is 8.06. The Morgan fingerprint density at radius 1 is 1.16 bits per heavy atom. The topological polar surface area (TPSA) is 32.8 Å². The van der Waals surface area contributed by atoms with Crippen LogP contribution in [0.15, 0.2) is 24.3 Å². The van der Waals surface area contributed by atoms with Gasteiger partial charge in [0.15, 0.2) is 0 Å². The van der Waals surface area contributed by atoms with E-state index in [1.165, 1.54) is 24.0 Å². The Morgan fingerprint density at radius 3 is 2.52 bits per heavy atom. The van der Waals surface area contributed by atoms with Crippen molar-refractivity contribution in [2.24, 2.45) is 5.41 Å². The Morgan fingerprint density at radius 2 is 1.88 bits per heavy atom. The Hall–Kier alpha value is -1.39. The van der Waals surface area contributed by atoms with E-state index in [-0.39, 0.29) is 5.41 Å². The molecule has 0 aromatic heterocycles. The van der Waals surface area contributed by atoms with E-state index in [1.54, 1.807) is 7.11 Å². The fourth-order valence-corrected chi connectivity index (χ4v) is 4.92. The number of aryl methyl sites for hydroxylation is 1. The van der Waals surface area contributed by atoms with Crippen molar-refractivity contribution in [1.82, 2.24) is 9.80 Å². The standard InChI is InChI=1S/C21H30N2O2/c1-25-16-21(9-4-10-21)20(24)23-13-11-22(12-14-23)19-8-7-17-5-2-3-6-18(17)15-19/h2-3,5-6,19H,4,7-16H2,1H3. The Kier molecular flexibility index (Phi) is 4.83. The Bertz CT molecular complexity index is 618. The Balaban J connectivity index is 1.34. The molecule has 136 valence electrons. The van der Waals surface area contributed by atoms with Crippen molar-refractivity contribution in [3.05, 3.63) is 35.4 Å². The summed E-state index contributed by atoms with van der Waals surface area (Å²) in [5.41, 5.74) is 2.84. The first kappa shape index (κ1) is 17.0. The molecule has 0 bridgehead atoms. The molecule has 1 aromatic carbocycles. The van der Waals surface area contributed by atoms with E-state index >= 15 is 0 Å². The van der Waals surface area contributed by atoms with Crippen LogP contribution in [0.5, 0.6) is 0 Å². The van der Waals surface area contributed by atoms with Gasteiger partial charge in [0, 0.05) is 39.3 Å². The van der Waals surface area contributed by atoms with Crippen LogP contribution in [0.3, 0.4) is 0 Å². The number of nitrogens with zero attached hydrogens (tertiary/aromatic N) is 2. The van der Waals surface area contributed by atoms with Crippen LogP contribution < -0.4 is 0 Å². The van der Waals surface area contributed by atoms with E-state index in [2.05, 4.69) is 34.1 Å². The lowest BCUT2D eigenvalue weighted by atomic mass is 9.68. The van der Waals surface area contributed by atoms with Crippen LogP contribution in [0.4, 0.5) is 0 Å². The maximum absolute atomic E-state index is 13.0. The molecular formula is C21H30N2O2. The molecule has 25 heavy (non-hydrogen) atoms. The summed E-state index contributed by atoms with van der Waals surface area (Å²) in [6.45, 7) is 4.37. The van der Waals surface area contributed by atoms with Gasteiger partial charge in [-0.05, 0) is 43.2 Å². The molecule has 4 heteroatoms. The van der Waals surface area contributed by atoms with Crippen LogP contribution >= 0.6 is 0 Å². The molecule has 1 amide bonds. The molecule has 0 radical (unpaired) electrons. The maximum Gasteiger partial charge on any atom is 0.231 e. The van der Waals surface area contributed by atoms with Gasteiger partial charge in [-0.3, -0.25) is 9.69 Å². The van der Waals surface area contributed by atoms with Gasteiger partial charge in [-0.1, -0.05) is 30.7 Å². The minimum absolute atomic E-state index is 0.208. The van der Waals surface area contributed by atoms with Crippen molar-refractivity contribution in [2.75, 3.05) is 39.9 Å². The summed E-state index contributed by atoms with van der Waals surface area (Å²) >= 11 is 0. The van der Waals surface area contributed by atoms with E-state index in [0.717, 1.165) is 51.9 Å². The highest BCUT2D eigenvalue weighted by atomic mass is 16.5. The molecule has 1 aliphatic heterocycles. The summed E-state index contributed by atoms with van der Waals surface area (Å²) in [4.78, 5) is 17.7. The molecule has 4 nitrogen and oxygen atoms in total. The SMILES string of the molecule is COCC1(C(=O)N2CCN(C3CCc4ccccc4C3)CC2)CCC1. The first-order valence-corrected chi connectivity index (χ1v) is 9.81. The normalized spacial score (nSPS) is 26.0. The van der Waals surface area contributed by atoms with Crippen molar-refractivity contribution in [3.63, 3.8) is 0 Å². The van der Waals surface area contributed by atoms with Crippen LogP contribution in [-0.2, 0) is 22.4 Å². The van der Waals surface area contributed by atoms with E-state index in [1.807, 2.05) is 0 Å². The lowest BCUT2D eigenvalue weighted by molar-refractivity contribution is -0.154. The van der Waals surface area contributed by atoms with Crippen LogP contribution in [0.1, 0.15) is 36.8 Å². The molecule has 1 saturated heterocycles. The number of rotatable bonds is 4. The van der Waals surface area contributed by atoms with Gasteiger partial charge in [0.2, 0.25) is 5.91 Å². The predicted octanol–water partition coefficient (Wildman–Crippen LogP) is 2.50. The van der Waals surface area contributed by atoms with Crippen LogP contribution in [-0.4, -0.2) is 61.6 Å². The number of piperazine rings is 1. The number of ether oxygens (including phenoxy) is 1. The van der Waals surface area contributed by atoms with E-state index < -0.39 is 0 Å². The quantitative estimate of drug-likeness (QED) is 0.843. The number of fused-ring (bicyclic) bond motifs is 1. The van der Waals surface area contributed by atoms with Gasteiger partial charge in [-0.15, -0.1) is 0 Å². The first-order chi connectivity index (χ1) is 12.2. The highest BCUT2D eigenvalue weighted by Gasteiger charge is 2.46. The van der Waals surface area contributed by atoms with E-state index in [9.17, 15) is 4.79 Å². The smallest absolute Gasteiger partial charge is 0.231 e. The van der Waals surface area contributed by atoms with Crippen LogP contribution in [0, 0.1) is 5.41 Å². The van der Waals surface area contributed by atoms with Crippen molar-refractivity contribution in [3.8, 4) is 0 Å². The zero-order chi connectivity index (χ0) is 17.3. The van der Waals surface area contributed by atoms with Gasteiger partial charge in [-0.25, -0.2) is 0 Å². The average molecular weight is 342 g/mol. The number of amides is 1. The molecule has 2 fully saturated rings. The summed E-state index contributed by atoms with van der Waals surface area (Å²) < 4.78 is 5.35. The monoisotopic (exact) mass is 342 g/mol. The van der Waals surface area contributed by atoms with Crippen molar-refractivity contribution < 1.29 is 9.53 Å². The van der Waals surface area contributed by atoms with Crippen molar-refractivity contribution in [1.29, 1.82) is 0 Å². The van der Waals surface area contributed by atoms with Crippen LogP contribution in [0.25, 0.3) is 0 Å². The average Bonchev–Trinajstić information content (AvgIpc) is 2.64. The molecule has 4 rings (SSSR count). The summed E-state index contributed by atoms with van der Waals surface area (Å²) in [6.07, 6.45) is 6.77. The molecule has 2 aliphatic carbocycles. The molecule has 1 atom stereocenters. The highest BCUT2D eigenvalue weighted by Crippen LogP contribution is 2.43. The number of hydrogen-bond acceptors (Lipinski definition) is 3. The number of carbonyl (C=O) groups is 1. The van der Waals surface area contributed by atoms with Gasteiger partial charge in [0.1, 0.15) is 0 Å². The van der Waals surface area contributed by atoms with E-state index in [4.69, 9.17) is 4.74 Å². The molecule has 3 aliphatic rings. The van der Waals surface area contributed by atoms with Gasteiger partial charge in [0.05, 0.1) is 12.0 Å². The van der Waals surface area contributed by atoms with E-state index in [0.29, 0.717) is 18.6 Å². The fraction of sp³-hybridized carbons (Fsp3) is 0.667. The third-order valence-electron chi connectivity index (χ3n) is 6.62. The van der Waals surface area contributed by atoms with Crippen molar-refractivity contribution in [2.45, 2.75) is 44.6 Å². The lowest BCUT2D eigenvalue weighted by Crippen LogP contribution is -2.58. The van der Waals surface area contributed by atoms with Gasteiger partial charge >= 0.3 is 0 Å². The maximum atomic E-state index is 13.0. The third kappa shape index (κ3) is 3.22. The third-order valence-corrected chi connectivity index (χ3v) is 6.62. The second kappa shape index (κ2) is 7.08. The van der Waals surface area contributed by atoms with Gasteiger partial charge in [0.25, 0.3) is 0 Å². The minimum Gasteiger partial charge on any atom is -0.384 e. The Labute approximate surface area is 151 Å². The lowest BCUT2D eigenvalue weighted by Gasteiger charge is -2.46. The summed E-state index contributed by atoms with van der Waals surface area (Å²) in [7, 11) is 1.71. The predicted molar refractivity (Wildman–Crippen MR) is 98.6 cm³/mol. The number of benzene rings is 1. The minimum atomic E-state index is -0.208. The fourth-order valence-electron chi connectivity index (χ4n) is 4.92. The largest absolute Gasteiger partial charge is 0.384 e. The molecular weight excluding hydrogens is 312 g/mol. The number of carbonyl (C=O) groups excluding carboxylic acids is 1. The van der Waals surface area contributed by atoms with Crippen molar-refractivity contribution >= 4 is 5.91 Å². The second-order valence-electron chi connectivity index (χ2n) is 8.06. The molecule has 1 unspecified atom stereocenters. The molecule has 1 aromatic rings. The summed E-state index contributed by atoms with van der Waals surface area (Å²) in [6, 6.07) is 9.51. The number of hydrogen-bond donors (Lipinski definition) is 0. The first-order valence-electron chi connectivity index (χ1n) is 9.81. The highest BCUT2D eigenvalue weighted by molar-refractivity contribution is 5.84. The number of methoxy groups -OCH3 is 1. The van der Waals surface area contributed by atoms with Crippen LogP contribution in [0.2, 0.25) is 0 Å². The van der Waals surface area contributed by atoms with Gasteiger partial charge in [-0.2, -0.15) is 0 Å². The molecule has 0 N–H and O–H groups in total. The summed E-state index contributed by atoms with van der Waals surface area (Å²) in [5.74, 6) is 0.342. The molecule has 0 spiro atoms. The van der Waals surface area contributed by atoms with Gasteiger partial charge < -0.3 is 9.64 Å². The zero-order valence-corrected chi connectivity index (χ0v) is 15.4. The molecule has 1 heterocycles.